The molecule has 4 saturated carbocycles. The number of carbonyl (C=O) groups is 3. The summed E-state index contributed by atoms with van der Waals surface area (Å²) in [6.07, 6.45) is 1.28. The fourth-order valence-electron chi connectivity index (χ4n) is 9.14. The van der Waals surface area contributed by atoms with Gasteiger partial charge in [-0.1, -0.05) is 39.0 Å². The van der Waals surface area contributed by atoms with Crippen molar-refractivity contribution in [2.45, 2.75) is 83.1 Å². The molecule has 0 bridgehead atoms. The molecule has 1 aromatic carbocycles. The van der Waals surface area contributed by atoms with Gasteiger partial charge in [-0.05, 0) is 62.0 Å². The third kappa shape index (κ3) is 3.11. The second kappa shape index (κ2) is 8.45. The van der Waals surface area contributed by atoms with E-state index in [0.717, 1.165) is 0 Å². The van der Waals surface area contributed by atoms with Crippen molar-refractivity contribution in [1.29, 1.82) is 0 Å². The Kier molecular flexibility index (Phi) is 5.99. The van der Waals surface area contributed by atoms with Crippen LogP contribution in [0.4, 0.5) is 4.39 Å². The highest BCUT2D eigenvalue weighted by molar-refractivity contribution is 5.96. The molecule has 0 spiro atoms. The summed E-state index contributed by atoms with van der Waals surface area (Å²) in [7, 11) is 0. The summed E-state index contributed by atoms with van der Waals surface area (Å²) in [5.74, 6) is -2.55. The molecule has 0 amide bonds. The fraction of sp³-hybridized carbons (Fsp3) is 0.690. The molecule has 0 saturated heterocycles. The Balaban J connectivity index is 1.58. The maximum Gasteiger partial charge on any atom is 0.339 e. The van der Waals surface area contributed by atoms with Gasteiger partial charge in [0.25, 0.3) is 0 Å². The third-order valence-electron chi connectivity index (χ3n) is 10.9. The summed E-state index contributed by atoms with van der Waals surface area (Å²) >= 11 is 0. The van der Waals surface area contributed by atoms with Crippen LogP contribution in [0.5, 0.6) is 0 Å². The smallest absolute Gasteiger partial charge is 0.339 e. The Morgan fingerprint density at radius 1 is 1.11 bits per heavy atom. The first-order valence-corrected chi connectivity index (χ1v) is 13.3. The van der Waals surface area contributed by atoms with Gasteiger partial charge >= 0.3 is 5.97 Å². The van der Waals surface area contributed by atoms with Gasteiger partial charge in [-0.25, -0.2) is 9.18 Å². The number of Topliss-reactive ketones (excluding diaryl/α,β-unsaturated/α-hetero) is 2. The number of fused-ring (bicyclic) bond motifs is 5. The van der Waals surface area contributed by atoms with Crippen LogP contribution >= 0.6 is 0 Å². The van der Waals surface area contributed by atoms with E-state index in [9.17, 15) is 24.6 Å². The lowest BCUT2D eigenvalue weighted by atomic mass is 9.42. The van der Waals surface area contributed by atoms with Crippen molar-refractivity contribution in [3.05, 3.63) is 35.9 Å². The first-order chi connectivity index (χ1) is 17.0. The highest BCUT2D eigenvalue weighted by Gasteiger charge is 2.77. The number of hydrogen-bond donors (Lipinski definition) is 2. The van der Waals surface area contributed by atoms with Gasteiger partial charge < -0.3 is 14.9 Å². The number of benzene rings is 1. The number of aliphatic hydroxyl groups is 2. The van der Waals surface area contributed by atoms with Crippen molar-refractivity contribution in [3.8, 4) is 0 Å². The highest BCUT2D eigenvalue weighted by Crippen LogP contribution is 2.72. The third-order valence-corrected chi connectivity index (χ3v) is 10.9. The number of rotatable bonds is 4. The van der Waals surface area contributed by atoms with Crippen LogP contribution in [-0.2, 0) is 14.3 Å². The molecule has 5 rings (SSSR count). The standard InChI is InChI=1S/C29H37FO6/c1-17-13-22-21-10-9-19-14-20(32)11-12-26(19,2)28(21,30)23(33)15-27(22,3)29(17,24(34)16-31)36-25(35)18-7-5-4-6-8-18/h4-8,17,19,21-23,31,33H,9-16H2,1-3H3/t17-,19+,21-,22-,23-,26-,27-,28-,29+/m0/s1. The van der Waals surface area contributed by atoms with Gasteiger partial charge in [0.1, 0.15) is 18.1 Å². The Morgan fingerprint density at radius 2 is 1.81 bits per heavy atom. The minimum absolute atomic E-state index is 0.0565. The fourth-order valence-corrected chi connectivity index (χ4v) is 9.14. The van der Waals surface area contributed by atoms with Crippen LogP contribution in [0.1, 0.15) is 76.1 Å². The normalized spacial score (nSPS) is 45.8. The van der Waals surface area contributed by atoms with Crippen molar-refractivity contribution in [1.82, 2.24) is 0 Å². The van der Waals surface area contributed by atoms with Gasteiger partial charge in [0, 0.05) is 29.6 Å². The first kappa shape index (κ1) is 25.5. The average Bonchev–Trinajstić information content (AvgIpc) is 3.07. The maximum absolute atomic E-state index is 17.5. The van der Waals surface area contributed by atoms with E-state index in [4.69, 9.17) is 4.74 Å². The van der Waals surface area contributed by atoms with Gasteiger partial charge in [-0.15, -0.1) is 0 Å². The van der Waals surface area contributed by atoms with Crippen LogP contribution in [0.3, 0.4) is 0 Å². The van der Waals surface area contributed by atoms with Crippen LogP contribution in [0.2, 0.25) is 0 Å². The van der Waals surface area contributed by atoms with Crippen LogP contribution in [0.15, 0.2) is 30.3 Å². The predicted molar refractivity (Wildman–Crippen MR) is 130 cm³/mol. The van der Waals surface area contributed by atoms with Gasteiger partial charge in [0.05, 0.1) is 11.7 Å². The lowest BCUT2D eigenvalue weighted by molar-refractivity contribution is -0.254. The van der Waals surface area contributed by atoms with E-state index in [1.54, 1.807) is 30.3 Å². The molecule has 4 aliphatic rings. The molecule has 9 atom stereocenters. The number of alkyl halides is 1. The van der Waals surface area contributed by atoms with E-state index in [-0.39, 0.29) is 29.6 Å². The molecule has 36 heavy (non-hydrogen) atoms. The Bertz CT molecular complexity index is 1070. The molecular weight excluding hydrogens is 463 g/mol. The van der Waals surface area contributed by atoms with Crippen LogP contribution in [0.25, 0.3) is 0 Å². The van der Waals surface area contributed by atoms with Crippen LogP contribution in [-0.4, -0.2) is 51.7 Å². The summed E-state index contributed by atoms with van der Waals surface area (Å²) in [6, 6.07) is 8.39. The van der Waals surface area contributed by atoms with E-state index < -0.39 is 58.4 Å². The Labute approximate surface area is 211 Å². The Hall–Kier alpha value is -2.12. The van der Waals surface area contributed by atoms with Gasteiger partial charge in [0.2, 0.25) is 5.78 Å². The first-order valence-electron chi connectivity index (χ1n) is 13.3. The zero-order valence-corrected chi connectivity index (χ0v) is 21.3. The molecule has 7 heteroatoms. The molecule has 0 radical (unpaired) electrons. The van der Waals surface area contributed by atoms with Crippen molar-refractivity contribution in [2.75, 3.05) is 6.61 Å². The molecule has 0 aromatic heterocycles. The summed E-state index contributed by atoms with van der Waals surface area (Å²) in [6.45, 7) is 4.74. The number of carbonyl (C=O) groups excluding carboxylic acids is 3. The van der Waals surface area contributed by atoms with E-state index in [1.807, 2.05) is 20.8 Å². The quantitative estimate of drug-likeness (QED) is 0.605. The number of aliphatic hydroxyl groups excluding tert-OH is 2. The van der Waals surface area contributed by atoms with Crippen molar-refractivity contribution in [2.24, 2.45) is 34.5 Å². The maximum atomic E-state index is 17.5. The summed E-state index contributed by atoms with van der Waals surface area (Å²) in [5, 5.41) is 21.6. The highest BCUT2D eigenvalue weighted by atomic mass is 19.1. The van der Waals surface area contributed by atoms with Crippen molar-refractivity contribution in [3.63, 3.8) is 0 Å². The van der Waals surface area contributed by atoms with Gasteiger partial charge in [-0.3, -0.25) is 9.59 Å². The number of ketones is 2. The molecule has 4 aliphatic carbocycles. The largest absolute Gasteiger partial charge is 0.446 e. The summed E-state index contributed by atoms with van der Waals surface area (Å²) in [4.78, 5) is 39.0. The second-order valence-corrected chi connectivity index (χ2v) is 12.3. The van der Waals surface area contributed by atoms with Gasteiger partial charge in [-0.2, -0.15) is 0 Å². The Morgan fingerprint density at radius 3 is 2.47 bits per heavy atom. The lowest BCUT2D eigenvalue weighted by Gasteiger charge is -2.65. The molecule has 0 unspecified atom stereocenters. The molecule has 0 aliphatic heterocycles. The molecule has 196 valence electrons. The lowest BCUT2D eigenvalue weighted by Crippen LogP contribution is -2.71. The molecular formula is C29H37FO6. The monoisotopic (exact) mass is 500 g/mol. The van der Waals surface area contributed by atoms with E-state index in [0.29, 0.717) is 38.5 Å². The van der Waals surface area contributed by atoms with E-state index >= 15 is 4.39 Å². The number of hydrogen-bond acceptors (Lipinski definition) is 6. The van der Waals surface area contributed by atoms with Crippen LogP contribution < -0.4 is 0 Å². The summed E-state index contributed by atoms with van der Waals surface area (Å²) < 4.78 is 23.6. The van der Waals surface area contributed by atoms with Gasteiger partial charge in [0.15, 0.2) is 5.60 Å². The van der Waals surface area contributed by atoms with E-state index in [2.05, 4.69) is 0 Å². The zero-order chi connectivity index (χ0) is 26.1. The van der Waals surface area contributed by atoms with E-state index in [1.165, 1.54) is 0 Å². The number of halogens is 1. The predicted octanol–water partition coefficient (Wildman–Crippen LogP) is 4.06. The number of ether oxygens (including phenoxy) is 1. The second-order valence-electron chi connectivity index (χ2n) is 12.3. The zero-order valence-electron chi connectivity index (χ0n) is 21.3. The molecule has 0 heterocycles. The molecule has 6 nitrogen and oxygen atoms in total. The average molecular weight is 501 g/mol. The minimum atomic E-state index is -1.90. The summed E-state index contributed by atoms with van der Waals surface area (Å²) in [5.41, 5.74) is -5.17. The van der Waals surface area contributed by atoms with Crippen molar-refractivity contribution < 1.29 is 33.7 Å². The van der Waals surface area contributed by atoms with Crippen LogP contribution in [0, 0.1) is 34.5 Å². The number of esters is 1. The molecule has 1 aromatic rings. The molecule has 2 N–H and O–H groups in total. The SMILES string of the molecule is C[C@H]1C[C@H]2[C@@H]3CC[C@@H]4CC(=O)CC[C@]4(C)[C@@]3(F)[C@@H](O)C[C@]2(C)[C@]1(OC(=O)c1ccccc1)C(=O)CO. The topological polar surface area (TPSA) is 101 Å². The van der Waals surface area contributed by atoms with Crippen molar-refractivity contribution >= 4 is 17.5 Å². The molecule has 4 fully saturated rings. The minimum Gasteiger partial charge on any atom is -0.446 e.